The number of carbonyl (C=O) groups is 2. The third-order valence-corrected chi connectivity index (χ3v) is 5.15. The van der Waals surface area contributed by atoms with Gasteiger partial charge >= 0.3 is 6.61 Å². The van der Waals surface area contributed by atoms with Crippen LogP contribution in [0.4, 0.5) is 14.5 Å². The highest BCUT2D eigenvalue weighted by atomic mass is 19.3. The normalized spacial score (nSPS) is 14.6. The lowest BCUT2D eigenvalue weighted by molar-refractivity contribution is -0.895. The average Bonchev–Trinajstić information content (AvgIpc) is 2.74. The molecule has 0 spiro atoms. The summed E-state index contributed by atoms with van der Waals surface area (Å²) in [6.07, 6.45) is 0.841. The first kappa shape index (κ1) is 21.7. The molecule has 2 aromatic rings. The van der Waals surface area contributed by atoms with Crippen LogP contribution in [-0.4, -0.2) is 56.0 Å². The standard InChI is InChI=1S/C22H25F2N3O3/c1-2-16-6-3-4-9-19(16)25-20(28)15-26-10-12-27(13-11-26)21(29)17-7-5-8-18(14-17)30-22(23)24/h3-9,14,22H,2,10-13,15H2,1H3,(H,25,28)/p+1. The third kappa shape index (κ3) is 5.76. The number of nitrogens with one attached hydrogen (secondary N) is 2. The number of benzene rings is 2. The fourth-order valence-corrected chi connectivity index (χ4v) is 3.56. The number of para-hydroxylation sites is 1. The van der Waals surface area contributed by atoms with Gasteiger partial charge in [-0.3, -0.25) is 9.59 Å². The number of hydrogen-bond acceptors (Lipinski definition) is 3. The van der Waals surface area contributed by atoms with E-state index in [2.05, 4.69) is 10.1 Å². The highest BCUT2D eigenvalue weighted by molar-refractivity contribution is 5.94. The van der Waals surface area contributed by atoms with E-state index in [4.69, 9.17) is 0 Å². The maximum atomic E-state index is 12.7. The molecule has 2 N–H and O–H groups in total. The minimum absolute atomic E-state index is 0.0378. The molecule has 1 saturated heterocycles. The van der Waals surface area contributed by atoms with Gasteiger partial charge in [-0.2, -0.15) is 8.78 Å². The van der Waals surface area contributed by atoms with E-state index >= 15 is 0 Å². The van der Waals surface area contributed by atoms with Crippen molar-refractivity contribution in [3.05, 3.63) is 59.7 Å². The van der Waals surface area contributed by atoms with E-state index in [1.807, 2.05) is 31.2 Å². The Balaban J connectivity index is 1.51. The Labute approximate surface area is 174 Å². The van der Waals surface area contributed by atoms with Crippen molar-refractivity contribution >= 4 is 17.5 Å². The first-order chi connectivity index (χ1) is 14.5. The average molecular weight is 418 g/mol. The van der Waals surface area contributed by atoms with E-state index in [9.17, 15) is 18.4 Å². The van der Waals surface area contributed by atoms with Crippen molar-refractivity contribution in [3.63, 3.8) is 0 Å². The molecule has 0 unspecified atom stereocenters. The highest BCUT2D eigenvalue weighted by Gasteiger charge is 2.26. The van der Waals surface area contributed by atoms with Crippen LogP contribution in [0, 0.1) is 0 Å². The first-order valence-electron chi connectivity index (χ1n) is 10.0. The summed E-state index contributed by atoms with van der Waals surface area (Å²) in [6, 6.07) is 13.6. The molecule has 0 bridgehead atoms. The van der Waals surface area contributed by atoms with Crippen molar-refractivity contribution in [2.45, 2.75) is 20.0 Å². The largest absolute Gasteiger partial charge is 0.435 e. The molecule has 8 heteroatoms. The summed E-state index contributed by atoms with van der Waals surface area (Å²) in [5, 5.41) is 2.97. The molecule has 0 saturated carbocycles. The van der Waals surface area contributed by atoms with E-state index < -0.39 is 6.61 Å². The fourth-order valence-electron chi connectivity index (χ4n) is 3.56. The quantitative estimate of drug-likeness (QED) is 0.721. The number of aryl methyl sites for hydroxylation is 1. The predicted molar refractivity (Wildman–Crippen MR) is 109 cm³/mol. The lowest BCUT2D eigenvalue weighted by atomic mass is 10.1. The SMILES string of the molecule is CCc1ccccc1NC(=O)C[NH+]1CCN(C(=O)c2cccc(OC(F)F)c2)CC1. The van der Waals surface area contributed by atoms with Crippen molar-refractivity contribution in [1.29, 1.82) is 0 Å². The van der Waals surface area contributed by atoms with Gasteiger partial charge in [0, 0.05) is 11.3 Å². The number of nitrogens with zero attached hydrogens (tertiary/aromatic N) is 1. The number of rotatable bonds is 7. The van der Waals surface area contributed by atoms with Gasteiger partial charge in [0.15, 0.2) is 6.54 Å². The van der Waals surface area contributed by atoms with Crippen molar-refractivity contribution < 1.29 is 28.0 Å². The number of hydrogen-bond donors (Lipinski definition) is 2. The Morgan fingerprint density at radius 1 is 1.13 bits per heavy atom. The second-order valence-electron chi connectivity index (χ2n) is 7.18. The van der Waals surface area contributed by atoms with Gasteiger partial charge in [0.05, 0.1) is 26.2 Å². The molecule has 3 rings (SSSR count). The van der Waals surface area contributed by atoms with Gasteiger partial charge in [-0.15, -0.1) is 0 Å². The number of halogens is 2. The molecule has 0 aromatic heterocycles. The second-order valence-corrected chi connectivity index (χ2v) is 7.18. The van der Waals surface area contributed by atoms with Crippen LogP contribution in [0.5, 0.6) is 5.75 Å². The molecule has 160 valence electrons. The van der Waals surface area contributed by atoms with E-state index in [1.54, 1.807) is 11.0 Å². The van der Waals surface area contributed by atoms with Crippen LogP contribution >= 0.6 is 0 Å². The van der Waals surface area contributed by atoms with Crippen LogP contribution in [0.1, 0.15) is 22.8 Å². The van der Waals surface area contributed by atoms with E-state index in [0.717, 1.165) is 22.6 Å². The summed E-state index contributed by atoms with van der Waals surface area (Å²) in [7, 11) is 0. The topological polar surface area (TPSA) is 63.1 Å². The Bertz CT molecular complexity index is 883. The molecule has 0 aliphatic carbocycles. The van der Waals surface area contributed by atoms with Gasteiger partial charge < -0.3 is 19.9 Å². The van der Waals surface area contributed by atoms with Gasteiger partial charge in [-0.05, 0) is 36.2 Å². The lowest BCUT2D eigenvalue weighted by Crippen LogP contribution is -3.15. The monoisotopic (exact) mass is 418 g/mol. The molecule has 2 amide bonds. The summed E-state index contributed by atoms with van der Waals surface area (Å²) in [4.78, 5) is 27.9. The summed E-state index contributed by atoms with van der Waals surface area (Å²) in [5.41, 5.74) is 2.24. The Kier molecular flexibility index (Phi) is 7.35. The molecule has 6 nitrogen and oxygen atoms in total. The molecule has 30 heavy (non-hydrogen) atoms. The van der Waals surface area contributed by atoms with Crippen LogP contribution in [-0.2, 0) is 11.2 Å². The molecular formula is C22H26F2N3O3+. The van der Waals surface area contributed by atoms with Gasteiger partial charge in [0.1, 0.15) is 5.75 Å². The molecule has 0 atom stereocenters. The van der Waals surface area contributed by atoms with Crippen LogP contribution in [0.25, 0.3) is 0 Å². The lowest BCUT2D eigenvalue weighted by Gasteiger charge is -2.32. The number of carbonyl (C=O) groups excluding carboxylic acids is 2. The van der Waals surface area contributed by atoms with Crippen molar-refractivity contribution in [2.75, 3.05) is 38.0 Å². The summed E-state index contributed by atoms with van der Waals surface area (Å²) < 4.78 is 29.1. The van der Waals surface area contributed by atoms with Gasteiger partial charge in [0.2, 0.25) is 0 Å². The highest BCUT2D eigenvalue weighted by Crippen LogP contribution is 2.17. The predicted octanol–water partition coefficient (Wildman–Crippen LogP) is 1.83. The van der Waals surface area contributed by atoms with Gasteiger partial charge in [-0.25, -0.2) is 0 Å². The molecule has 1 heterocycles. The molecule has 2 aromatic carbocycles. The fraction of sp³-hybridized carbons (Fsp3) is 0.364. The minimum atomic E-state index is -2.93. The Morgan fingerprint density at radius 2 is 1.87 bits per heavy atom. The maximum absolute atomic E-state index is 12.7. The van der Waals surface area contributed by atoms with Crippen molar-refractivity contribution in [3.8, 4) is 5.75 Å². The molecule has 1 aliphatic heterocycles. The Hall–Kier alpha value is -3.00. The summed E-state index contributed by atoms with van der Waals surface area (Å²) >= 11 is 0. The molecule has 1 fully saturated rings. The van der Waals surface area contributed by atoms with Crippen LogP contribution in [0.3, 0.4) is 0 Å². The van der Waals surface area contributed by atoms with E-state index in [0.29, 0.717) is 38.3 Å². The maximum Gasteiger partial charge on any atom is 0.387 e. The van der Waals surface area contributed by atoms with Crippen molar-refractivity contribution in [1.82, 2.24) is 4.90 Å². The van der Waals surface area contributed by atoms with Crippen molar-refractivity contribution in [2.24, 2.45) is 0 Å². The number of quaternary nitrogens is 1. The number of piperazine rings is 1. The van der Waals surface area contributed by atoms with Crippen LogP contribution in [0.15, 0.2) is 48.5 Å². The van der Waals surface area contributed by atoms with Crippen LogP contribution in [0.2, 0.25) is 0 Å². The van der Waals surface area contributed by atoms with E-state index in [1.165, 1.54) is 18.2 Å². The minimum Gasteiger partial charge on any atom is -0.435 e. The van der Waals surface area contributed by atoms with Gasteiger partial charge in [0.25, 0.3) is 11.8 Å². The molecular weight excluding hydrogens is 392 g/mol. The zero-order valence-corrected chi connectivity index (χ0v) is 16.9. The second kappa shape index (κ2) is 10.2. The number of anilines is 1. The molecule has 0 radical (unpaired) electrons. The van der Waals surface area contributed by atoms with E-state index in [-0.39, 0.29) is 17.6 Å². The third-order valence-electron chi connectivity index (χ3n) is 5.15. The zero-order chi connectivity index (χ0) is 21.5. The molecule has 1 aliphatic rings. The summed E-state index contributed by atoms with van der Waals surface area (Å²) in [5.74, 6) is -0.318. The Morgan fingerprint density at radius 3 is 2.57 bits per heavy atom. The summed E-state index contributed by atoms with van der Waals surface area (Å²) in [6.45, 7) is 1.71. The number of alkyl halides is 2. The smallest absolute Gasteiger partial charge is 0.387 e. The number of ether oxygens (including phenoxy) is 1. The number of amides is 2. The van der Waals surface area contributed by atoms with Crippen LogP contribution < -0.4 is 15.0 Å². The first-order valence-corrected chi connectivity index (χ1v) is 10.0. The zero-order valence-electron chi connectivity index (χ0n) is 16.9. The van der Waals surface area contributed by atoms with Gasteiger partial charge in [-0.1, -0.05) is 31.2 Å².